The van der Waals surface area contributed by atoms with Crippen molar-refractivity contribution in [3.8, 4) is 5.75 Å². The van der Waals surface area contributed by atoms with Crippen LogP contribution in [0.4, 0.5) is 13.2 Å². The van der Waals surface area contributed by atoms with Gasteiger partial charge in [-0.15, -0.1) is 24.0 Å². The summed E-state index contributed by atoms with van der Waals surface area (Å²) in [6, 6.07) is 4.35. The normalized spacial score (nSPS) is 12.9. The van der Waals surface area contributed by atoms with E-state index < -0.39 is 17.8 Å². The molecule has 1 aromatic carbocycles. The summed E-state index contributed by atoms with van der Waals surface area (Å²) in [7, 11) is 0. The van der Waals surface area contributed by atoms with Crippen molar-refractivity contribution in [3.63, 3.8) is 0 Å². The van der Waals surface area contributed by atoms with Crippen molar-refractivity contribution < 1.29 is 23.0 Å². The fourth-order valence-corrected chi connectivity index (χ4v) is 1.91. The molecule has 0 aliphatic carbocycles. The number of nitrogens with one attached hydrogen (secondary N) is 2. The van der Waals surface area contributed by atoms with Crippen LogP contribution >= 0.6 is 24.0 Å². The zero-order valence-electron chi connectivity index (χ0n) is 15.0. The summed E-state index contributed by atoms with van der Waals surface area (Å²) in [5, 5.41) is 16.1. The van der Waals surface area contributed by atoms with Crippen molar-refractivity contribution in [2.75, 3.05) is 26.2 Å². The van der Waals surface area contributed by atoms with E-state index in [0.29, 0.717) is 12.5 Å². The van der Waals surface area contributed by atoms with Gasteiger partial charge in [0.15, 0.2) is 5.96 Å². The Hall–Kier alpha value is -1.23. The average Bonchev–Trinajstić information content (AvgIpc) is 2.57. The predicted molar refractivity (Wildman–Crippen MR) is 107 cm³/mol. The summed E-state index contributed by atoms with van der Waals surface area (Å²) in [6.07, 6.45) is -3.15. The molecule has 3 N–H and O–H groups in total. The third-order valence-corrected chi connectivity index (χ3v) is 3.25. The molecule has 0 spiro atoms. The van der Waals surface area contributed by atoms with Gasteiger partial charge in [0, 0.05) is 13.1 Å². The van der Waals surface area contributed by atoms with Crippen molar-refractivity contribution in [1.29, 1.82) is 0 Å². The lowest BCUT2D eigenvalue weighted by Crippen LogP contribution is -2.38. The van der Waals surface area contributed by atoms with Crippen molar-refractivity contribution in [2.45, 2.75) is 39.0 Å². The van der Waals surface area contributed by atoms with Crippen LogP contribution in [-0.2, 0) is 6.18 Å². The summed E-state index contributed by atoms with van der Waals surface area (Å²) in [6.45, 7) is 5.61. The largest absolute Gasteiger partial charge is 0.491 e. The van der Waals surface area contributed by atoms with Gasteiger partial charge in [-0.25, -0.2) is 0 Å². The molecule has 1 atom stereocenters. The van der Waals surface area contributed by atoms with E-state index in [1.54, 1.807) is 0 Å². The molecule has 9 heteroatoms. The second-order valence-corrected chi connectivity index (χ2v) is 5.49. The van der Waals surface area contributed by atoms with Crippen LogP contribution in [0, 0.1) is 0 Å². The van der Waals surface area contributed by atoms with E-state index in [0.717, 1.165) is 31.5 Å². The minimum Gasteiger partial charge on any atom is -0.491 e. The molecule has 0 fully saturated rings. The zero-order valence-corrected chi connectivity index (χ0v) is 17.3. The maximum Gasteiger partial charge on any atom is 0.416 e. The third-order valence-electron chi connectivity index (χ3n) is 3.25. The second-order valence-electron chi connectivity index (χ2n) is 5.49. The minimum atomic E-state index is -4.37. The van der Waals surface area contributed by atoms with Gasteiger partial charge in [0.1, 0.15) is 18.5 Å². The molecule has 0 saturated heterocycles. The smallest absolute Gasteiger partial charge is 0.416 e. The Balaban J connectivity index is 0.00000625. The molecule has 0 bridgehead atoms. The molecule has 0 amide bonds. The van der Waals surface area contributed by atoms with E-state index in [2.05, 4.69) is 22.5 Å². The maximum atomic E-state index is 12.5. The number of halogens is 4. The molecule has 1 aromatic rings. The van der Waals surface area contributed by atoms with Crippen LogP contribution in [0.1, 0.15) is 32.3 Å². The molecule has 0 radical (unpaired) electrons. The number of rotatable bonds is 9. The van der Waals surface area contributed by atoms with Gasteiger partial charge in [-0.2, -0.15) is 13.2 Å². The molecule has 5 nitrogen and oxygen atoms in total. The van der Waals surface area contributed by atoms with Crippen LogP contribution in [0.15, 0.2) is 29.3 Å². The molecular formula is C17H27F3IN3O2. The van der Waals surface area contributed by atoms with Crippen LogP contribution in [0.25, 0.3) is 0 Å². The summed E-state index contributed by atoms with van der Waals surface area (Å²) in [5.74, 6) is 0.883. The Morgan fingerprint density at radius 2 is 1.85 bits per heavy atom. The Morgan fingerprint density at radius 1 is 1.19 bits per heavy atom. The maximum absolute atomic E-state index is 12.5. The van der Waals surface area contributed by atoms with Crippen LogP contribution in [0.2, 0.25) is 0 Å². The lowest BCUT2D eigenvalue weighted by Gasteiger charge is -2.14. The van der Waals surface area contributed by atoms with Crippen LogP contribution in [0.5, 0.6) is 5.75 Å². The first-order chi connectivity index (χ1) is 11.9. The summed E-state index contributed by atoms with van der Waals surface area (Å²) in [4.78, 5) is 4.26. The van der Waals surface area contributed by atoms with Crippen molar-refractivity contribution in [2.24, 2.45) is 4.99 Å². The first-order valence-corrected chi connectivity index (χ1v) is 8.37. The number of hydrogen-bond donors (Lipinski definition) is 3. The predicted octanol–water partition coefficient (Wildman–Crippen LogP) is 3.42. The van der Waals surface area contributed by atoms with E-state index in [1.807, 2.05) is 6.92 Å². The van der Waals surface area contributed by atoms with E-state index in [9.17, 15) is 18.3 Å². The van der Waals surface area contributed by atoms with Gasteiger partial charge in [0.2, 0.25) is 0 Å². The van der Waals surface area contributed by atoms with Gasteiger partial charge < -0.3 is 20.5 Å². The number of benzene rings is 1. The number of hydrogen-bond acceptors (Lipinski definition) is 3. The van der Waals surface area contributed by atoms with E-state index in [1.165, 1.54) is 12.1 Å². The number of nitrogens with zero attached hydrogens (tertiary/aromatic N) is 1. The van der Waals surface area contributed by atoms with Gasteiger partial charge in [-0.3, -0.25) is 4.99 Å². The highest BCUT2D eigenvalue weighted by Crippen LogP contribution is 2.30. The Labute approximate surface area is 169 Å². The average molecular weight is 489 g/mol. The number of alkyl halides is 3. The highest BCUT2D eigenvalue weighted by Gasteiger charge is 2.30. The Morgan fingerprint density at radius 3 is 2.38 bits per heavy atom. The molecule has 0 heterocycles. The Kier molecular flexibility index (Phi) is 12.4. The SMILES string of the molecule is CCCCNC(=NCC(O)COc1ccc(C(F)(F)F)cc1)NCC.I. The fraction of sp³-hybridized carbons (Fsp3) is 0.588. The molecule has 0 saturated carbocycles. The second kappa shape index (κ2) is 13.0. The third kappa shape index (κ3) is 10.0. The molecule has 26 heavy (non-hydrogen) atoms. The standard InChI is InChI=1S/C17H26F3N3O2.HI/c1-3-5-10-22-16(21-4-2)23-11-14(24)12-25-15-8-6-13(7-9-15)17(18,19)20;/h6-9,14,24H,3-5,10-12H2,1-2H3,(H2,21,22,23);1H. The summed E-state index contributed by atoms with van der Waals surface area (Å²) < 4.78 is 42.7. The highest BCUT2D eigenvalue weighted by atomic mass is 127. The number of guanidine groups is 1. The van der Waals surface area contributed by atoms with Gasteiger partial charge in [0.25, 0.3) is 0 Å². The van der Waals surface area contributed by atoms with Crippen molar-refractivity contribution in [1.82, 2.24) is 10.6 Å². The van der Waals surface area contributed by atoms with Gasteiger partial charge in [0.05, 0.1) is 12.1 Å². The van der Waals surface area contributed by atoms with Crippen LogP contribution < -0.4 is 15.4 Å². The molecule has 0 aromatic heterocycles. The molecular weight excluding hydrogens is 462 g/mol. The van der Waals surface area contributed by atoms with Crippen molar-refractivity contribution in [3.05, 3.63) is 29.8 Å². The fourth-order valence-electron chi connectivity index (χ4n) is 1.91. The van der Waals surface area contributed by atoms with Gasteiger partial charge in [-0.1, -0.05) is 13.3 Å². The number of aliphatic imine (C=N–C) groups is 1. The zero-order chi connectivity index (χ0) is 18.7. The number of unbranched alkanes of at least 4 members (excludes halogenated alkanes) is 1. The monoisotopic (exact) mass is 489 g/mol. The first kappa shape index (κ1) is 24.8. The van der Waals surface area contributed by atoms with Crippen LogP contribution in [0.3, 0.4) is 0 Å². The van der Waals surface area contributed by atoms with Crippen LogP contribution in [-0.4, -0.2) is 43.4 Å². The van der Waals surface area contributed by atoms with E-state index in [4.69, 9.17) is 4.74 Å². The van der Waals surface area contributed by atoms with Gasteiger partial charge >= 0.3 is 6.18 Å². The number of ether oxygens (including phenoxy) is 1. The topological polar surface area (TPSA) is 65.9 Å². The molecule has 150 valence electrons. The first-order valence-electron chi connectivity index (χ1n) is 8.37. The van der Waals surface area contributed by atoms with E-state index in [-0.39, 0.29) is 42.9 Å². The quantitative estimate of drug-likeness (QED) is 0.215. The lowest BCUT2D eigenvalue weighted by molar-refractivity contribution is -0.137. The molecule has 0 aliphatic heterocycles. The number of aliphatic hydroxyl groups excluding tert-OH is 1. The molecule has 0 aliphatic rings. The molecule has 1 rings (SSSR count). The highest BCUT2D eigenvalue weighted by molar-refractivity contribution is 14.0. The minimum absolute atomic E-state index is 0. The number of aliphatic hydroxyl groups is 1. The van der Waals surface area contributed by atoms with Gasteiger partial charge in [-0.05, 0) is 37.6 Å². The lowest BCUT2D eigenvalue weighted by atomic mass is 10.2. The van der Waals surface area contributed by atoms with Crippen molar-refractivity contribution >= 4 is 29.9 Å². The summed E-state index contributed by atoms with van der Waals surface area (Å²) >= 11 is 0. The van der Waals surface area contributed by atoms with E-state index >= 15 is 0 Å². The Bertz CT molecular complexity index is 525. The summed E-state index contributed by atoms with van der Waals surface area (Å²) in [5.41, 5.74) is -0.738. The molecule has 1 unspecified atom stereocenters.